The summed E-state index contributed by atoms with van der Waals surface area (Å²) in [5.41, 5.74) is 1.27. The van der Waals surface area contributed by atoms with Crippen molar-refractivity contribution < 1.29 is 34.0 Å². The predicted molar refractivity (Wildman–Crippen MR) is 220 cm³/mol. The van der Waals surface area contributed by atoms with Gasteiger partial charge in [-0.15, -0.1) is 0 Å². The maximum atomic E-state index is 14.7. The molecule has 2 aromatic carbocycles. The number of carbonyl (C=O) groups excluding carboxylic acids is 1. The molecular weight excluding hydrogens is 721 g/mol. The van der Waals surface area contributed by atoms with Gasteiger partial charge in [0.1, 0.15) is 11.7 Å². The van der Waals surface area contributed by atoms with Crippen molar-refractivity contribution in [1.29, 1.82) is 0 Å². The molecule has 0 amide bonds. The molecule has 2 aliphatic heterocycles. The van der Waals surface area contributed by atoms with E-state index >= 15 is 0 Å². The SMILES string of the molecule is CN=C1NC#CCC2CCCC2(Cc2ccc(O)c(OC)c2)C(=O)C=CCC2(CCCC2)c2cc(c3c(c2)OC2(CNC)CC(CC#CO3)C(CC(O)OC)C2)N1. The lowest BCUT2D eigenvalue weighted by molar-refractivity contribution is -0.125. The molecule has 2 heterocycles. The van der Waals surface area contributed by atoms with Crippen LogP contribution in [0.25, 0.3) is 0 Å². The lowest BCUT2D eigenvalue weighted by atomic mass is 9.68. The molecule has 3 saturated carbocycles. The van der Waals surface area contributed by atoms with Gasteiger partial charge in [0, 0.05) is 51.4 Å². The van der Waals surface area contributed by atoms with E-state index in [2.05, 4.69) is 63.1 Å². The van der Waals surface area contributed by atoms with Gasteiger partial charge >= 0.3 is 0 Å². The zero-order valence-corrected chi connectivity index (χ0v) is 33.8. The minimum Gasteiger partial charge on any atom is -0.504 e. The summed E-state index contributed by atoms with van der Waals surface area (Å²) >= 11 is 0. The Kier molecular flexibility index (Phi) is 12.4. The molecule has 0 aromatic heterocycles. The third kappa shape index (κ3) is 8.48. The number of fused-ring (bicyclic) bond motifs is 8. The lowest BCUT2D eigenvalue weighted by Gasteiger charge is -2.35. The van der Waals surface area contributed by atoms with Gasteiger partial charge in [-0.2, -0.15) is 0 Å². The fourth-order valence-corrected chi connectivity index (χ4v) is 10.6. The Bertz CT molecular complexity index is 1980. The molecule has 5 aliphatic rings. The monoisotopic (exact) mass is 778 g/mol. The second kappa shape index (κ2) is 17.4. The van der Waals surface area contributed by atoms with Crippen molar-refractivity contribution in [3.8, 4) is 47.0 Å². The summed E-state index contributed by atoms with van der Waals surface area (Å²) in [6.45, 7) is 0.609. The molecule has 5 N–H and O–H groups in total. The third-order valence-electron chi connectivity index (χ3n) is 13.4. The first-order valence-corrected chi connectivity index (χ1v) is 20.6. The van der Waals surface area contributed by atoms with Crippen LogP contribution in [0.4, 0.5) is 5.69 Å². The smallest absolute Gasteiger partial charge is 0.207 e. The molecule has 6 atom stereocenters. The van der Waals surface area contributed by atoms with Crippen LogP contribution < -0.4 is 30.2 Å². The van der Waals surface area contributed by atoms with Crippen LogP contribution in [0.5, 0.6) is 23.0 Å². The predicted octanol–water partition coefficient (Wildman–Crippen LogP) is 6.57. The zero-order valence-electron chi connectivity index (χ0n) is 33.8. The zero-order chi connectivity index (χ0) is 40.0. The number of likely N-dealkylation sites (N-methyl/N-ethyl adjacent to an activating group) is 1. The quantitative estimate of drug-likeness (QED) is 0.148. The standard InChI is InChI=1S/C46H58N4O7/c1-47-30-45-28-32(33(29-45)24-41(53)55-4)11-10-22-56-42-36-25-35(26-39(42)57-45)44(17-5-6-18-44)19-8-14-40(52)46(27-31-15-16-37(51)38(23-31)54-3)20-7-12-34(46)13-9-21-49-43(48-2)50-36/h8,14-16,23,25-26,32-34,41,47,51,53H,5-7,11-13,17-20,24,27-30H2,1-4H3,(H2,48,49,50). The van der Waals surface area contributed by atoms with E-state index in [4.69, 9.17) is 18.9 Å². The minimum absolute atomic E-state index is 0.0501. The number of aliphatic hydroxyl groups is 1. The Balaban J connectivity index is 1.30. The largest absolute Gasteiger partial charge is 0.504 e. The molecule has 304 valence electrons. The normalized spacial score (nSPS) is 29.0. The van der Waals surface area contributed by atoms with Crippen LogP contribution in [-0.2, 0) is 21.4 Å². The highest BCUT2D eigenvalue weighted by atomic mass is 16.6. The number of benzene rings is 2. The molecule has 6 unspecified atom stereocenters. The summed E-state index contributed by atoms with van der Waals surface area (Å²) in [7, 11) is 6.72. The van der Waals surface area contributed by atoms with Gasteiger partial charge in [0.25, 0.3) is 0 Å². The van der Waals surface area contributed by atoms with E-state index in [0.29, 0.717) is 67.5 Å². The van der Waals surface area contributed by atoms with Gasteiger partial charge in [0.2, 0.25) is 11.7 Å². The number of aliphatic imine (C=N–C) groups is 1. The van der Waals surface area contributed by atoms with E-state index in [-0.39, 0.29) is 34.7 Å². The average Bonchev–Trinajstić information content (AvgIpc) is 3.93. The molecular formula is C46H58N4O7. The van der Waals surface area contributed by atoms with Crippen LogP contribution >= 0.6 is 0 Å². The van der Waals surface area contributed by atoms with Gasteiger partial charge in [-0.25, -0.2) is 0 Å². The molecule has 0 saturated heterocycles. The first kappa shape index (κ1) is 40.5. The van der Waals surface area contributed by atoms with Crippen molar-refractivity contribution >= 4 is 17.4 Å². The Morgan fingerprint density at radius 2 is 1.93 bits per heavy atom. The lowest BCUT2D eigenvalue weighted by Crippen LogP contribution is -2.43. The van der Waals surface area contributed by atoms with E-state index < -0.39 is 17.3 Å². The number of nitrogens with zero attached hydrogens (tertiary/aromatic N) is 1. The number of phenolic OH excluding ortho intramolecular Hbond substituents is 1. The number of nitrogens with one attached hydrogen (secondary N) is 3. The number of ether oxygens (including phenoxy) is 4. The Morgan fingerprint density at radius 3 is 2.70 bits per heavy atom. The van der Waals surface area contributed by atoms with Crippen LogP contribution in [0, 0.1) is 47.2 Å². The molecule has 11 heteroatoms. The van der Waals surface area contributed by atoms with Gasteiger partial charge in [-0.3, -0.25) is 15.1 Å². The maximum absolute atomic E-state index is 14.7. The van der Waals surface area contributed by atoms with Crippen LogP contribution in [-0.4, -0.2) is 68.7 Å². The highest BCUT2D eigenvalue weighted by molar-refractivity contribution is 5.97. The fraction of sp³-hybridized carbons (Fsp3) is 0.565. The van der Waals surface area contributed by atoms with E-state index in [0.717, 1.165) is 68.9 Å². The average molecular weight is 779 g/mol. The summed E-state index contributed by atoms with van der Waals surface area (Å²) in [5, 5.41) is 30.9. The van der Waals surface area contributed by atoms with E-state index in [1.165, 1.54) is 7.11 Å². The number of aromatic hydroxyl groups is 1. The molecule has 2 aromatic rings. The van der Waals surface area contributed by atoms with E-state index in [1.807, 2.05) is 25.3 Å². The van der Waals surface area contributed by atoms with Crippen LogP contribution in [0.1, 0.15) is 94.6 Å². The number of aliphatic hydroxyl groups excluding tert-OH is 1. The van der Waals surface area contributed by atoms with Crippen molar-refractivity contribution in [3.63, 3.8) is 0 Å². The molecule has 7 rings (SSSR count). The minimum atomic E-state index is -0.859. The first-order valence-electron chi connectivity index (χ1n) is 20.6. The van der Waals surface area contributed by atoms with Crippen LogP contribution in [0.15, 0.2) is 47.5 Å². The van der Waals surface area contributed by atoms with Gasteiger partial charge in [0.15, 0.2) is 29.3 Å². The molecule has 3 fully saturated rings. The number of methoxy groups -OCH3 is 2. The topological polar surface area (TPSA) is 143 Å². The van der Waals surface area contributed by atoms with E-state index in [1.54, 1.807) is 20.2 Å². The number of anilines is 1. The molecule has 1 spiro atoms. The number of phenols is 1. The Morgan fingerprint density at radius 1 is 1.09 bits per heavy atom. The highest BCUT2D eigenvalue weighted by Gasteiger charge is 2.49. The summed E-state index contributed by atoms with van der Waals surface area (Å²) < 4.78 is 24.3. The fourth-order valence-electron chi connectivity index (χ4n) is 10.6. The number of guanidine groups is 1. The van der Waals surface area contributed by atoms with Gasteiger partial charge in [0.05, 0.1) is 12.8 Å². The Hall–Kier alpha value is -4.68. The van der Waals surface area contributed by atoms with Crippen molar-refractivity contribution in [3.05, 3.63) is 53.6 Å². The maximum Gasteiger partial charge on any atom is 0.207 e. The summed E-state index contributed by atoms with van der Waals surface area (Å²) in [4.78, 5) is 19.2. The Labute approximate surface area is 337 Å². The van der Waals surface area contributed by atoms with E-state index in [9.17, 15) is 15.0 Å². The van der Waals surface area contributed by atoms with Crippen molar-refractivity contribution in [2.24, 2.45) is 28.2 Å². The second-order valence-electron chi connectivity index (χ2n) is 16.8. The number of allylic oxidation sites excluding steroid dienone is 2. The summed E-state index contributed by atoms with van der Waals surface area (Å²) in [6.07, 6.45) is 17.1. The molecule has 11 nitrogen and oxygen atoms in total. The number of carbonyl (C=O) groups is 1. The van der Waals surface area contributed by atoms with Crippen molar-refractivity contribution in [1.82, 2.24) is 10.6 Å². The van der Waals surface area contributed by atoms with Gasteiger partial charge in [-0.05, 0) is 123 Å². The van der Waals surface area contributed by atoms with Gasteiger partial charge < -0.3 is 39.8 Å². The molecule has 3 aliphatic carbocycles. The van der Waals surface area contributed by atoms with Crippen LogP contribution in [0.2, 0.25) is 0 Å². The number of rotatable bonds is 8. The highest BCUT2D eigenvalue weighted by Crippen LogP contribution is 2.53. The molecule has 0 radical (unpaired) electrons. The van der Waals surface area contributed by atoms with Crippen molar-refractivity contribution in [2.75, 3.05) is 40.2 Å². The van der Waals surface area contributed by atoms with Crippen LogP contribution in [0.3, 0.4) is 0 Å². The number of ketones is 1. The third-order valence-corrected chi connectivity index (χ3v) is 13.4. The first-order chi connectivity index (χ1) is 27.6. The number of hydrogen-bond donors (Lipinski definition) is 5. The number of hydrogen-bond acceptors (Lipinski definition) is 9. The molecule has 57 heavy (non-hydrogen) atoms. The van der Waals surface area contributed by atoms with Gasteiger partial charge in [-0.1, -0.05) is 43.2 Å². The summed E-state index contributed by atoms with van der Waals surface area (Å²) in [5.74, 6) is 9.15. The van der Waals surface area contributed by atoms with Crippen molar-refractivity contribution in [2.45, 2.75) is 107 Å². The molecule has 4 bridgehead atoms. The summed E-state index contributed by atoms with van der Waals surface area (Å²) in [6, 6.07) is 12.8. The second-order valence-corrected chi connectivity index (χ2v) is 16.8.